The molecule has 0 aromatic carbocycles. The van der Waals surface area contributed by atoms with Crippen molar-refractivity contribution in [3.63, 3.8) is 0 Å². The average Bonchev–Trinajstić information content (AvgIpc) is 2.73. The average molecular weight is 278 g/mol. The van der Waals surface area contributed by atoms with Gasteiger partial charge in [-0.3, -0.25) is 10.1 Å². The van der Waals surface area contributed by atoms with E-state index in [0.717, 1.165) is 13.1 Å². The maximum absolute atomic E-state index is 10.5. The maximum atomic E-state index is 10.5. The SMILES string of the molecule is O=[N+]([O-])c1ccc(NCCNC2CCCCCC2)nc1. The fraction of sp³-hybridized carbons (Fsp3) is 0.643. The molecule has 0 unspecified atom stereocenters. The van der Waals surface area contributed by atoms with E-state index in [1.54, 1.807) is 6.07 Å². The van der Waals surface area contributed by atoms with Crippen LogP contribution in [0.2, 0.25) is 0 Å². The molecule has 1 aliphatic carbocycles. The number of hydrogen-bond donors (Lipinski definition) is 2. The molecule has 2 N–H and O–H groups in total. The highest BCUT2D eigenvalue weighted by atomic mass is 16.6. The van der Waals surface area contributed by atoms with Crippen LogP contribution < -0.4 is 10.6 Å². The van der Waals surface area contributed by atoms with E-state index in [0.29, 0.717) is 11.9 Å². The lowest BCUT2D eigenvalue weighted by atomic mass is 10.1. The molecule has 0 spiro atoms. The van der Waals surface area contributed by atoms with Crippen molar-refractivity contribution in [3.05, 3.63) is 28.4 Å². The minimum absolute atomic E-state index is 0.0205. The molecule has 0 radical (unpaired) electrons. The normalized spacial score (nSPS) is 16.6. The van der Waals surface area contributed by atoms with Gasteiger partial charge in [-0.15, -0.1) is 0 Å². The van der Waals surface area contributed by atoms with Crippen LogP contribution in [0.5, 0.6) is 0 Å². The largest absolute Gasteiger partial charge is 0.369 e. The molecule has 20 heavy (non-hydrogen) atoms. The Kier molecular flexibility index (Phi) is 5.73. The van der Waals surface area contributed by atoms with Crippen LogP contribution >= 0.6 is 0 Å². The summed E-state index contributed by atoms with van der Waals surface area (Å²) in [5, 5.41) is 17.2. The van der Waals surface area contributed by atoms with E-state index in [4.69, 9.17) is 0 Å². The number of aromatic nitrogens is 1. The number of nitrogens with one attached hydrogen (secondary N) is 2. The second-order valence-electron chi connectivity index (χ2n) is 5.23. The van der Waals surface area contributed by atoms with Gasteiger partial charge in [0.2, 0.25) is 0 Å². The minimum Gasteiger partial charge on any atom is -0.369 e. The summed E-state index contributed by atoms with van der Waals surface area (Å²) < 4.78 is 0. The number of nitrogens with zero attached hydrogens (tertiary/aromatic N) is 2. The fourth-order valence-corrected chi connectivity index (χ4v) is 2.55. The summed E-state index contributed by atoms with van der Waals surface area (Å²) in [6.07, 6.45) is 9.21. The Morgan fingerprint density at radius 3 is 2.55 bits per heavy atom. The number of rotatable bonds is 6. The Morgan fingerprint density at radius 1 is 1.20 bits per heavy atom. The van der Waals surface area contributed by atoms with Gasteiger partial charge in [0, 0.05) is 25.2 Å². The summed E-state index contributed by atoms with van der Waals surface area (Å²) in [5.41, 5.74) is 0.0205. The van der Waals surface area contributed by atoms with E-state index < -0.39 is 4.92 Å². The van der Waals surface area contributed by atoms with Crippen LogP contribution in [-0.4, -0.2) is 29.0 Å². The van der Waals surface area contributed by atoms with Crippen molar-refractivity contribution in [1.29, 1.82) is 0 Å². The second-order valence-corrected chi connectivity index (χ2v) is 5.23. The van der Waals surface area contributed by atoms with E-state index in [1.807, 2.05) is 0 Å². The molecule has 6 nitrogen and oxygen atoms in total. The maximum Gasteiger partial charge on any atom is 0.287 e. The topological polar surface area (TPSA) is 80.1 Å². The first kappa shape index (κ1) is 14.7. The molecule has 0 saturated heterocycles. The first-order valence-corrected chi connectivity index (χ1v) is 7.33. The third kappa shape index (κ3) is 4.77. The molecule has 0 amide bonds. The van der Waals surface area contributed by atoms with Crippen molar-refractivity contribution in [2.75, 3.05) is 18.4 Å². The quantitative estimate of drug-likeness (QED) is 0.362. The van der Waals surface area contributed by atoms with Gasteiger partial charge >= 0.3 is 0 Å². The minimum atomic E-state index is -0.440. The Hall–Kier alpha value is -1.69. The molecule has 1 aromatic heterocycles. The van der Waals surface area contributed by atoms with Crippen molar-refractivity contribution in [1.82, 2.24) is 10.3 Å². The smallest absolute Gasteiger partial charge is 0.287 e. The van der Waals surface area contributed by atoms with Gasteiger partial charge in [0.05, 0.1) is 4.92 Å². The zero-order chi connectivity index (χ0) is 14.2. The van der Waals surface area contributed by atoms with Gasteiger partial charge in [0.1, 0.15) is 12.0 Å². The number of anilines is 1. The molecule has 110 valence electrons. The zero-order valence-corrected chi connectivity index (χ0v) is 11.7. The molecule has 1 saturated carbocycles. The van der Waals surface area contributed by atoms with Crippen LogP contribution in [0.3, 0.4) is 0 Å². The predicted molar refractivity (Wildman–Crippen MR) is 78.9 cm³/mol. The van der Waals surface area contributed by atoms with Crippen molar-refractivity contribution >= 4 is 11.5 Å². The third-order valence-electron chi connectivity index (χ3n) is 3.68. The van der Waals surface area contributed by atoms with Crippen LogP contribution in [0.1, 0.15) is 38.5 Å². The molecule has 1 aromatic rings. The zero-order valence-electron chi connectivity index (χ0n) is 11.7. The van der Waals surface area contributed by atoms with Crippen molar-refractivity contribution < 1.29 is 4.92 Å². The Bertz CT molecular complexity index is 414. The summed E-state index contributed by atoms with van der Waals surface area (Å²) in [4.78, 5) is 14.1. The highest BCUT2D eigenvalue weighted by molar-refractivity contribution is 5.39. The number of nitro groups is 1. The van der Waals surface area contributed by atoms with Crippen LogP contribution in [0.4, 0.5) is 11.5 Å². The van der Waals surface area contributed by atoms with E-state index in [2.05, 4.69) is 15.6 Å². The molecule has 0 atom stereocenters. The standard InChI is InChI=1S/C14H22N4O2/c19-18(20)13-7-8-14(17-11-13)16-10-9-15-12-5-3-1-2-4-6-12/h7-8,11-12,15H,1-6,9-10H2,(H,16,17). The molecule has 1 heterocycles. The van der Waals surface area contributed by atoms with E-state index in [-0.39, 0.29) is 5.69 Å². The molecule has 0 aliphatic heterocycles. The predicted octanol–water partition coefficient (Wildman–Crippen LogP) is 2.71. The Balaban J connectivity index is 1.66. The lowest BCUT2D eigenvalue weighted by Gasteiger charge is -2.16. The number of hydrogen-bond acceptors (Lipinski definition) is 5. The number of pyridine rings is 1. The summed E-state index contributed by atoms with van der Waals surface area (Å²) in [5.74, 6) is 0.679. The summed E-state index contributed by atoms with van der Waals surface area (Å²) in [6, 6.07) is 3.75. The molecule has 6 heteroatoms. The summed E-state index contributed by atoms with van der Waals surface area (Å²) >= 11 is 0. The van der Waals surface area contributed by atoms with Gasteiger partial charge < -0.3 is 10.6 Å². The second kappa shape index (κ2) is 7.79. The van der Waals surface area contributed by atoms with Gasteiger partial charge in [0.15, 0.2) is 0 Å². The highest BCUT2D eigenvalue weighted by Gasteiger charge is 2.10. The monoisotopic (exact) mass is 278 g/mol. The lowest BCUT2D eigenvalue weighted by Crippen LogP contribution is -2.32. The van der Waals surface area contributed by atoms with E-state index >= 15 is 0 Å². The van der Waals surface area contributed by atoms with Gasteiger partial charge in [-0.1, -0.05) is 25.7 Å². The lowest BCUT2D eigenvalue weighted by molar-refractivity contribution is -0.385. The summed E-state index contributed by atoms with van der Waals surface area (Å²) in [6.45, 7) is 1.67. The molecule has 2 rings (SSSR count). The van der Waals surface area contributed by atoms with Gasteiger partial charge in [-0.2, -0.15) is 0 Å². The van der Waals surface area contributed by atoms with Crippen LogP contribution in [0, 0.1) is 10.1 Å². The van der Waals surface area contributed by atoms with E-state index in [9.17, 15) is 10.1 Å². The van der Waals surface area contributed by atoms with Crippen molar-refractivity contribution in [2.45, 2.75) is 44.6 Å². The molecule has 1 fully saturated rings. The highest BCUT2D eigenvalue weighted by Crippen LogP contribution is 2.17. The molecule has 1 aliphatic rings. The van der Waals surface area contributed by atoms with Gasteiger partial charge in [0.25, 0.3) is 5.69 Å². The Labute approximate surface area is 119 Å². The van der Waals surface area contributed by atoms with Crippen molar-refractivity contribution in [3.8, 4) is 0 Å². The molecular formula is C14H22N4O2. The first-order valence-electron chi connectivity index (χ1n) is 7.33. The molecule has 0 bridgehead atoms. The van der Waals surface area contributed by atoms with Crippen LogP contribution in [-0.2, 0) is 0 Å². The van der Waals surface area contributed by atoms with Gasteiger partial charge in [-0.05, 0) is 18.9 Å². The Morgan fingerprint density at radius 2 is 1.95 bits per heavy atom. The van der Waals surface area contributed by atoms with Crippen molar-refractivity contribution in [2.24, 2.45) is 0 Å². The first-order chi connectivity index (χ1) is 9.75. The van der Waals surface area contributed by atoms with E-state index in [1.165, 1.54) is 50.8 Å². The fourth-order valence-electron chi connectivity index (χ4n) is 2.55. The van der Waals surface area contributed by atoms with Gasteiger partial charge in [-0.25, -0.2) is 4.98 Å². The van der Waals surface area contributed by atoms with Crippen LogP contribution in [0.25, 0.3) is 0 Å². The molecular weight excluding hydrogens is 256 g/mol. The third-order valence-corrected chi connectivity index (χ3v) is 3.68. The van der Waals surface area contributed by atoms with Crippen LogP contribution in [0.15, 0.2) is 18.3 Å². The summed E-state index contributed by atoms with van der Waals surface area (Å²) in [7, 11) is 0.